The Morgan fingerprint density at radius 1 is 1.31 bits per heavy atom. The van der Waals surface area contributed by atoms with Crippen molar-refractivity contribution in [2.75, 3.05) is 0 Å². The molecule has 0 spiro atoms. The van der Waals surface area contributed by atoms with E-state index in [0.717, 1.165) is 5.56 Å². The lowest BCUT2D eigenvalue weighted by molar-refractivity contribution is -0.154. The van der Waals surface area contributed by atoms with Crippen molar-refractivity contribution in [1.29, 1.82) is 0 Å². The van der Waals surface area contributed by atoms with Crippen LogP contribution in [0.25, 0.3) is 0 Å². The van der Waals surface area contributed by atoms with Gasteiger partial charge in [0.1, 0.15) is 0 Å². The highest BCUT2D eigenvalue weighted by Gasteiger charge is 2.34. The number of aliphatic hydroxyl groups is 1. The number of rotatable bonds is 1. The molecule has 0 radical (unpaired) electrons. The van der Waals surface area contributed by atoms with Gasteiger partial charge in [0.25, 0.3) is 0 Å². The highest BCUT2D eigenvalue weighted by Crippen LogP contribution is 2.30. The number of ether oxygens (including phenoxy) is 1. The molecule has 3 nitrogen and oxygen atoms in total. The van der Waals surface area contributed by atoms with Crippen LogP contribution in [0, 0.1) is 0 Å². The molecule has 0 aromatic heterocycles. The minimum absolute atomic E-state index is 0.200. The van der Waals surface area contributed by atoms with E-state index in [2.05, 4.69) is 4.74 Å². The van der Waals surface area contributed by atoms with Crippen molar-refractivity contribution in [1.82, 2.24) is 0 Å². The van der Waals surface area contributed by atoms with Crippen molar-refractivity contribution < 1.29 is 14.6 Å². The molecule has 3 heteroatoms. The number of carbonyl (C=O) groups excluding carboxylic acids is 1. The Balaban J connectivity index is 2.23. The highest BCUT2D eigenvalue weighted by molar-refractivity contribution is 5.73. The van der Waals surface area contributed by atoms with Crippen molar-refractivity contribution in [3.05, 3.63) is 35.9 Å². The Bertz CT molecular complexity index is 307. The van der Waals surface area contributed by atoms with Gasteiger partial charge in [0.15, 0.2) is 0 Å². The molecule has 2 rings (SSSR count). The Kier molecular flexibility index (Phi) is 2.02. The highest BCUT2D eigenvalue weighted by atomic mass is 16.6. The zero-order valence-corrected chi connectivity index (χ0v) is 7.01. The van der Waals surface area contributed by atoms with Crippen LogP contribution < -0.4 is 0 Å². The van der Waals surface area contributed by atoms with Crippen molar-refractivity contribution in [2.45, 2.75) is 18.6 Å². The third-order valence-corrected chi connectivity index (χ3v) is 2.21. The van der Waals surface area contributed by atoms with E-state index in [1.165, 1.54) is 0 Å². The van der Waals surface area contributed by atoms with Gasteiger partial charge in [0.05, 0.1) is 12.3 Å². The van der Waals surface area contributed by atoms with E-state index < -0.39 is 6.29 Å². The summed E-state index contributed by atoms with van der Waals surface area (Å²) in [5, 5.41) is 9.37. The fourth-order valence-electron chi connectivity index (χ4n) is 1.53. The van der Waals surface area contributed by atoms with Crippen LogP contribution in [0.2, 0.25) is 0 Å². The molecule has 0 saturated carbocycles. The summed E-state index contributed by atoms with van der Waals surface area (Å²) in [6, 6.07) is 9.43. The first-order valence-corrected chi connectivity index (χ1v) is 4.20. The van der Waals surface area contributed by atoms with Crippen LogP contribution in [0.1, 0.15) is 17.9 Å². The van der Waals surface area contributed by atoms with E-state index in [9.17, 15) is 9.90 Å². The van der Waals surface area contributed by atoms with Crippen LogP contribution in [-0.4, -0.2) is 17.4 Å². The van der Waals surface area contributed by atoms with Gasteiger partial charge < -0.3 is 9.84 Å². The maximum atomic E-state index is 10.9. The summed E-state index contributed by atoms with van der Waals surface area (Å²) >= 11 is 0. The molecular weight excluding hydrogens is 168 g/mol. The van der Waals surface area contributed by atoms with Crippen LogP contribution in [0.4, 0.5) is 0 Å². The molecule has 1 aromatic rings. The molecule has 1 fully saturated rings. The minimum atomic E-state index is -0.977. The van der Waals surface area contributed by atoms with Crippen molar-refractivity contribution in [2.24, 2.45) is 0 Å². The largest absolute Gasteiger partial charge is 0.435 e. The maximum Gasteiger partial charge on any atom is 0.308 e. The lowest BCUT2D eigenvalue weighted by atomic mass is 9.97. The molecule has 68 valence electrons. The number of benzene rings is 1. The van der Waals surface area contributed by atoms with Gasteiger partial charge in [-0.1, -0.05) is 30.3 Å². The summed E-state index contributed by atoms with van der Waals surface area (Å²) < 4.78 is 4.64. The standard InChI is InChI=1S/C10H10O3/c11-9-6-8(10(12)13-9)7-4-2-1-3-5-7/h1-5,8,10,12H,6H2/t8-,10?/m0/s1. The summed E-state index contributed by atoms with van der Waals surface area (Å²) in [6.07, 6.45) is -0.708. The molecule has 1 aliphatic rings. The van der Waals surface area contributed by atoms with E-state index in [-0.39, 0.29) is 18.3 Å². The number of aliphatic hydroxyl groups excluding tert-OH is 1. The van der Waals surface area contributed by atoms with Crippen LogP contribution in [0.15, 0.2) is 30.3 Å². The summed E-state index contributed by atoms with van der Waals surface area (Å²) in [4.78, 5) is 10.9. The molecule has 2 atom stereocenters. The maximum absolute atomic E-state index is 10.9. The van der Waals surface area contributed by atoms with Gasteiger partial charge in [-0.3, -0.25) is 4.79 Å². The Hall–Kier alpha value is -1.35. The fraction of sp³-hybridized carbons (Fsp3) is 0.300. The molecule has 13 heavy (non-hydrogen) atoms. The number of carbonyl (C=O) groups is 1. The second kappa shape index (κ2) is 3.18. The molecule has 1 saturated heterocycles. The first-order valence-electron chi connectivity index (χ1n) is 4.20. The van der Waals surface area contributed by atoms with Crippen molar-refractivity contribution in [3.8, 4) is 0 Å². The molecule has 1 heterocycles. The molecule has 1 aromatic carbocycles. The minimum Gasteiger partial charge on any atom is -0.435 e. The van der Waals surface area contributed by atoms with Crippen LogP contribution in [0.5, 0.6) is 0 Å². The molecule has 1 aliphatic heterocycles. The average molecular weight is 178 g/mol. The van der Waals surface area contributed by atoms with Gasteiger partial charge in [0.2, 0.25) is 6.29 Å². The zero-order chi connectivity index (χ0) is 9.26. The molecule has 1 unspecified atom stereocenters. The van der Waals surface area contributed by atoms with E-state index in [4.69, 9.17) is 0 Å². The van der Waals surface area contributed by atoms with Gasteiger partial charge in [0, 0.05) is 0 Å². The first kappa shape index (κ1) is 8.26. The Labute approximate surface area is 76.0 Å². The second-order valence-electron chi connectivity index (χ2n) is 3.10. The van der Waals surface area contributed by atoms with E-state index >= 15 is 0 Å². The van der Waals surface area contributed by atoms with Crippen LogP contribution in [0.3, 0.4) is 0 Å². The van der Waals surface area contributed by atoms with Gasteiger partial charge in [-0.25, -0.2) is 0 Å². The van der Waals surface area contributed by atoms with Gasteiger partial charge in [-0.2, -0.15) is 0 Å². The third-order valence-electron chi connectivity index (χ3n) is 2.21. The van der Waals surface area contributed by atoms with Crippen LogP contribution >= 0.6 is 0 Å². The summed E-state index contributed by atoms with van der Waals surface area (Å²) in [5.41, 5.74) is 0.945. The summed E-state index contributed by atoms with van der Waals surface area (Å²) in [6.45, 7) is 0. The summed E-state index contributed by atoms with van der Waals surface area (Å²) in [7, 11) is 0. The molecule has 1 N–H and O–H groups in total. The third kappa shape index (κ3) is 1.55. The van der Waals surface area contributed by atoms with Crippen molar-refractivity contribution in [3.63, 3.8) is 0 Å². The lowest BCUT2D eigenvalue weighted by Crippen LogP contribution is -2.12. The van der Waals surface area contributed by atoms with Crippen molar-refractivity contribution >= 4 is 5.97 Å². The number of hydrogen-bond donors (Lipinski definition) is 1. The Morgan fingerprint density at radius 3 is 2.54 bits per heavy atom. The Morgan fingerprint density at radius 2 is 2.00 bits per heavy atom. The van der Waals surface area contributed by atoms with Gasteiger partial charge in [-0.15, -0.1) is 0 Å². The normalized spacial score (nSPS) is 27.3. The van der Waals surface area contributed by atoms with Crippen LogP contribution in [-0.2, 0) is 9.53 Å². The molecular formula is C10H10O3. The van der Waals surface area contributed by atoms with E-state index in [1.807, 2.05) is 30.3 Å². The fourth-order valence-corrected chi connectivity index (χ4v) is 1.53. The van der Waals surface area contributed by atoms with E-state index in [1.54, 1.807) is 0 Å². The lowest BCUT2D eigenvalue weighted by Gasteiger charge is -2.10. The zero-order valence-electron chi connectivity index (χ0n) is 7.01. The second-order valence-corrected chi connectivity index (χ2v) is 3.10. The topological polar surface area (TPSA) is 46.5 Å². The first-order chi connectivity index (χ1) is 6.27. The summed E-state index contributed by atoms with van der Waals surface area (Å²) in [5.74, 6) is -0.532. The molecule has 0 bridgehead atoms. The number of hydrogen-bond acceptors (Lipinski definition) is 3. The molecule has 0 amide bonds. The molecule has 0 aliphatic carbocycles. The smallest absolute Gasteiger partial charge is 0.308 e. The average Bonchev–Trinajstić information content (AvgIpc) is 2.47. The predicted octanol–water partition coefficient (Wildman–Crippen LogP) is 1.04. The predicted molar refractivity (Wildman–Crippen MR) is 45.9 cm³/mol. The number of esters is 1. The quantitative estimate of drug-likeness (QED) is 0.653. The number of cyclic esters (lactones) is 1. The van der Waals surface area contributed by atoms with Gasteiger partial charge >= 0.3 is 5.97 Å². The monoisotopic (exact) mass is 178 g/mol. The SMILES string of the molecule is O=C1C[C@@H](c2ccccc2)C(O)O1. The van der Waals surface area contributed by atoms with Gasteiger partial charge in [-0.05, 0) is 5.56 Å². The van der Waals surface area contributed by atoms with E-state index in [0.29, 0.717) is 0 Å².